The molecule has 2 aromatic carbocycles. The smallest absolute Gasteiger partial charge is 0.161 e. The lowest BCUT2D eigenvalue weighted by Gasteiger charge is -2.46. The Morgan fingerprint density at radius 2 is 1.12 bits per heavy atom. The second kappa shape index (κ2) is 18.4. The van der Waals surface area contributed by atoms with Gasteiger partial charge in [0.2, 0.25) is 0 Å². The number of rotatable bonds is 13. The summed E-state index contributed by atoms with van der Waals surface area (Å²) in [6.45, 7) is 12.3. The molecule has 0 aromatic heterocycles. The van der Waals surface area contributed by atoms with E-state index in [9.17, 15) is 19.0 Å². The maximum atomic E-state index is 12.4. The molecule has 8 nitrogen and oxygen atoms in total. The van der Waals surface area contributed by atoms with Crippen molar-refractivity contribution in [2.24, 2.45) is 23.7 Å². The van der Waals surface area contributed by atoms with Crippen LogP contribution in [0.25, 0.3) is 0 Å². The average molecular weight is 715 g/mol. The lowest BCUT2D eigenvalue weighted by atomic mass is 9.79. The average Bonchev–Trinajstić information content (AvgIpc) is 3.10. The Hall–Kier alpha value is -2.66. The highest BCUT2D eigenvalue weighted by atomic mass is 18.2. The number of aliphatic hydroxyl groups excluding tert-OH is 2. The van der Waals surface area contributed by atoms with Crippen molar-refractivity contribution in [3.05, 3.63) is 46.5 Å². The first kappa shape index (κ1) is 39.5. The predicted octanol–water partition coefficient (Wildman–Crippen LogP) is 7.13. The molecule has 6 atom stereocenters. The van der Waals surface area contributed by atoms with E-state index in [1.54, 1.807) is 14.2 Å². The molecule has 0 saturated carbocycles. The normalized spacial score (nSPS) is 26.0. The Balaban J connectivity index is 0.000000198. The van der Waals surface area contributed by atoms with Crippen LogP contribution in [0.4, 0.5) is 8.78 Å². The number of hydrogen-bond donors (Lipinski definition) is 2. The highest BCUT2D eigenvalue weighted by Gasteiger charge is 2.40. The maximum Gasteiger partial charge on any atom is 0.161 e. The molecule has 2 aromatic rings. The zero-order valence-corrected chi connectivity index (χ0v) is 31.7. The molecule has 4 heterocycles. The standard InChI is InChI=1S/C21H32FNO3.C20H30FNO3/c1-14(2)9-16-13-23-7-5-15-10-21(26-8-4-6-22)20(25-3)11-17(15)18(23)12-19(16)24;1-13(2)8-15-12-22-6-4-14-9-20(25-7-5-21)19(24-3)10-16(14)17(22)11-18(15)23/h10-11,14,16,18-19,24H,4-9,12-13H2,1-3H3;9-10,13,15,17-18,23H,4-8,11-12H2,1-3H3/i22-1;21-1. The van der Waals surface area contributed by atoms with Crippen molar-refractivity contribution in [2.75, 3.05) is 67.0 Å². The molecule has 6 unspecified atom stereocenters. The summed E-state index contributed by atoms with van der Waals surface area (Å²) in [6, 6.07) is 8.60. The Morgan fingerprint density at radius 3 is 1.51 bits per heavy atom. The van der Waals surface area contributed by atoms with Crippen molar-refractivity contribution in [2.45, 2.75) is 96.9 Å². The van der Waals surface area contributed by atoms with E-state index in [-0.39, 0.29) is 37.6 Å². The van der Waals surface area contributed by atoms with Crippen molar-refractivity contribution in [1.29, 1.82) is 0 Å². The number of aliphatic hydroxyl groups is 2. The third-order valence-electron chi connectivity index (χ3n) is 11.2. The van der Waals surface area contributed by atoms with Gasteiger partial charge in [-0.15, -0.1) is 0 Å². The van der Waals surface area contributed by atoms with Gasteiger partial charge < -0.3 is 29.2 Å². The van der Waals surface area contributed by atoms with Crippen LogP contribution in [0.1, 0.15) is 94.1 Å². The third-order valence-corrected chi connectivity index (χ3v) is 11.2. The topological polar surface area (TPSA) is 83.9 Å². The Kier molecular flexibility index (Phi) is 14.3. The second-order valence-corrected chi connectivity index (χ2v) is 15.7. The first-order valence-corrected chi connectivity index (χ1v) is 19.2. The Bertz CT molecular complexity index is 1410. The van der Waals surface area contributed by atoms with Gasteiger partial charge in [0.05, 0.1) is 39.7 Å². The summed E-state index contributed by atoms with van der Waals surface area (Å²) in [5.41, 5.74) is 4.95. The van der Waals surface area contributed by atoms with Gasteiger partial charge in [0.15, 0.2) is 23.0 Å². The molecule has 0 spiro atoms. The number of alkyl halides is 2. The van der Waals surface area contributed by atoms with Crippen LogP contribution in [-0.4, -0.2) is 99.2 Å². The molecule has 2 saturated heterocycles. The monoisotopic (exact) mass is 714 g/mol. The molecule has 0 aliphatic carbocycles. The van der Waals surface area contributed by atoms with Gasteiger partial charge in [-0.3, -0.25) is 14.2 Å². The third kappa shape index (κ3) is 9.67. The van der Waals surface area contributed by atoms with Gasteiger partial charge in [0.25, 0.3) is 0 Å². The summed E-state index contributed by atoms with van der Waals surface area (Å²) in [4.78, 5) is 5.02. The van der Waals surface area contributed by atoms with Crippen LogP contribution in [0.2, 0.25) is 0 Å². The van der Waals surface area contributed by atoms with E-state index in [0.717, 1.165) is 64.7 Å². The van der Waals surface area contributed by atoms with Crippen molar-refractivity contribution in [3.63, 3.8) is 0 Å². The molecule has 10 heteroatoms. The first-order chi connectivity index (χ1) is 24.6. The van der Waals surface area contributed by atoms with E-state index in [0.29, 0.717) is 59.7 Å². The Labute approximate surface area is 304 Å². The van der Waals surface area contributed by atoms with Gasteiger partial charge in [-0.2, -0.15) is 0 Å². The fourth-order valence-electron chi connectivity index (χ4n) is 8.80. The minimum absolute atomic E-state index is 0.0420. The molecule has 4 aliphatic heterocycles. The number of hydrogen-bond acceptors (Lipinski definition) is 8. The number of halogens is 2. The van der Waals surface area contributed by atoms with E-state index < -0.39 is 6.67 Å². The molecule has 2 N–H and O–H groups in total. The van der Waals surface area contributed by atoms with Crippen LogP contribution >= 0.6 is 0 Å². The van der Waals surface area contributed by atoms with E-state index in [1.807, 2.05) is 12.1 Å². The van der Waals surface area contributed by atoms with Crippen LogP contribution in [0.15, 0.2) is 24.3 Å². The minimum Gasteiger partial charge on any atom is -0.493 e. The molecular weight excluding hydrogens is 652 g/mol. The van der Waals surface area contributed by atoms with E-state index in [2.05, 4.69) is 49.6 Å². The van der Waals surface area contributed by atoms with Crippen molar-refractivity contribution in [3.8, 4) is 23.0 Å². The molecule has 4 aliphatic rings. The molecule has 286 valence electrons. The molecule has 2 fully saturated rings. The number of ether oxygens (including phenoxy) is 4. The highest BCUT2D eigenvalue weighted by Crippen LogP contribution is 2.45. The fourth-order valence-corrected chi connectivity index (χ4v) is 8.80. The van der Waals surface area contributed by atoms with E-state index in [4.69, 9.17) is 18.9 Å². The molecule has 0 radical (unpaired) electrons. The number of methoxy groups -OCH3 is 2. The van der Waals surface area contributed by atoms with E-state index >= 15 is 0 Å². The van der Waals surface area contributed by atoms with Crippen molar-refractivity contribution < 1.29 is 37.9 Å². The molecule has 51 heavy (non-hydrogen) atoms. The van der Waals surface area contributed by atoms with Crippen molar-refractivity contribution in [1.82, 2.24) is 9.80 Å². The SMILES string of the molecule is COc1cc2c(cc1OCCC[18F])CCN1CC(CC(C)C)C(O)CC21.COc1cc2c(cc1OCC[18F])CCN1CC(CC(C)C)C(O)CC21. The zero-order valence-electron chi connectivity index (χ0n) is 31.7. The van der Waals surface area contributed by atoms with Gasteiger partial charge in [0.1, 0.15) is 13.3 Å². The number of nitrogens with zero attached hydrogens (tertiary/aromatic N) is 2. The summed E-state index contributed by atoms with van der Waals surface area (Å²) in [7, 11) is 3.25. The molecule has 6 rings (SSSR count). The number of benzene rings is 2. The fraction of sp³-hybridized carbons (Fsp3) is 0.707. The van der Waals surface area contributed by atoms with Crippen LogP contribution in [0.5, 0.6) is 23.0 Å². The summed E-state index contributed by atoms with van der Waals surface area (Å²) in [6.07, 6.45) is 5.47. The summed E-state index contributed by atoms with van der Waals surface area (Å²) in [5, 5.41) is 21.3. The largest absolute Gasteiger partial charge is 0.493 e. The summed E-state index contributed by atoms with van der Waals surface area (Å²) >= 11 is 0. The number of piperidine rings is 2. The zero-order chi connectivity index (χ0) is 36.7. The van der Waals surface area contributed by atoms with Crippen molar-refractivity contribution >= 4 is 0 Å². The van der Waals surface area contributed by atoms with Gasteiger partial charge in [0, 0.05) is 44.7 Å². The maximum absolute atomic E-state index is 12.4. The van der Waals surface area contributed by atoms with Crippen LogP contribution in [0.3, 0.4) is 0 Å². The quantitative estimate of drug-likeness (QED) is 0.212. The molecule has 0 amide bonds. The van der Waals surface area contributed by atoms with E-state index in [1.165, 1.54) is 22.3 Å². The predicted molar refractivity (Wildman–Crippen MR) is 197 cm³/mol. The number of fused-ring (bicyclic) bond motifs is 6. The van der Waals surface area contributed by atoms with Gasteiger partial charge in [-0.05, 0) is 109 Å². The van der Waals surface area contributed by atoms with Gasteiger partial charge in [-0.25, -0.2) is 4.39 Å². The first-order valence-electron chi connectivity index (χ1n) is 19.2. The summed E-state index contributed by atoms with van der Waals surface area (Å²) in [5.74, 6) is 4.57. The molecular formula is C41H62F2N2O6. The Morgan fingerprint density at radius 1 is 0.667 bits per heavy atom. The summed E-state index contributed by atoms with van der Waals surface area (Å²) < 4.78 is 47.0. The highest BCUT2D eigenvalue weighted by molar-refractivity contribution is 5.51. The van der Waals surface area contributed by atoms with Crippen LogP contribution in [-0.2, 0) is 12.8 Å². The van der Waals surface area contributed by atoms with Gasteiger partial charge >= 0.3 is 0 Å². The lowest BCUT2D eigenvalue weighted by molar-refractivity contribution is -0.0192. The van der Waals surface area contributed by atoms with Gasteiger partial charge in [-0.1, -0.05) is 27.7 Å². The lowest BCUT2D eigenvalue weighted by Crippen LogP contribution is -2.48. The van der Waals surface area contributed by atoms with Crippen LogP contribution < -0.4 is 18.9 Å². The van der Waals surface area contributed by atoms with Crippen LogP contribution in [0, 0.1) is 23.7 Å². The minimum atomic E-state index is -0.514. The molecule has 0 bridgehead atoms. The second-order valence-electron chi connectivity index (χ2n) is 15.7.